The van der Waals surface area contributed by atoms with Crippen molar-refractivity contribution in [2.24, 2.45) is 0 Å². The van der Waals surface area contributed by atoms with Crippen LogP contribution >= 0.6 is 0 Å². The Labute approximate surface area is 126 Å². The van der Waals surface area contributed by atoms with Gasteiger partial charge in [0, 0.05) is 31.7 Å². The second-order valence-electron chi connectivity index (χ2n) is 6.65. The van der Waals surface area contributed by atoms with Crippen LogP contribution in [0.3, 0.4) is 0 Å². The second kappa shape index (κ2) is 6.03. The van der Waals surface area contributed by atoms with Gasteiger partial charge in [-0.25, -0.2) is 0 Å². The number of rotatable bonds is 5. The standard InChI is InChI=1S/C17H25N3O/c1-3-14(11-18-13-7-8-13)19-15(4-1)12-20-9-10-21-17-6-2-5-16(17)20/h1,3-4,13,16-18H,2,5-12H2. The number of nitrogens with zero attached hydrogens (tertiary/aromatic N) is 2. The summed E-state index contributed by atoms with van der Waals surface area (Å²) in [4.78, 5) is 7.42. The van der Waals surface area contributed by atoms with Gasteiger partial charge in [-0.15, -0.1) is 0 Å². The van der Waals surface area contributed by atoms with Crippen molar-refractivity contribution in [1.29, 1.82) is 0 Å². The Morgan fingerprint density at radius 2 is 2.10 bits per heavy atom. The first-order valence-corrected chi connectivity index (χ1v) is 8.42. The molecular weight excluding hydrogens is 262 g/mol. The molecule has 114 valence electrons. The Balaban J connectivity index is 1.39. The first-order valence-electron chi connectivity index (χ1n) is 8.42. The van der Waals surface area contributed by atoms with E-state index < -0.39 is 0 Å². The topological polar surface area (TPSA) is 37.4 Å². The van der Waals surface area contributed by atoms with Crippen LogP contribution < -0.4 is 5.32 Å². The van der Waals surface area contributed by atoms with Crippen LogP contribution in [0.5, 0.6) is 0 Å². The van der Waals surface area contributed by atoms with Gasteiger partial charge < -0.3 is 10.1 Å². The van der Waals surface area contributed by atoms with Gasteiger partial charge in [-0.1, -0.05) is 6.07 Å². The lowest BCUT2D eigenvalue weighted by Crippen LogP contribution is -2.48. The lowest BCUT2D eigenvalue weighted by molar-refractivity contribution is -0.0592. The van der Waals surface area contributed by atoms with Gasteiger partial charge in [0.05, 0.1) is 24.1 Å². The van der Waals surface area contributed by atoms with Crippen LogP contribution in [-0.2, 0) is 17.8 Å². The first-order chi connectivity index (χ1) is 10.4. The van der Waals surface area contributed by atoms with Crippen molar-refractivity contribution in [3.8, 4) is 0 Å². The average molecular weight is 287 g/mol. The third kappa shape index (κ3) is 3.28. The van der Waals surface area contributed by atoms with E-state index in [1.165, 1.54) is 43.5 Å². The maximum absolute atomic E-state index is 5.89. The monoisotopic (exact) mass is 287 g/mol. The number of fused-ring (bicyclic) bond motifs is 1. The highest BCUT2D eigenvalue weighted by molar-refractivity contribution is 5.12. The molecule has 0 aromatic carbocycles. The summed E-state index contributed by atoms with van der Waals surface area (Å²) >= 11 is 0. The van der Waals surface area contributed by atoms with E-state index >= 15 is 0 Å². The molecular formula is C17H25N3O. The van der Waals surface area contributed by atoms with E-state index in [2.05, 4.69) is 28.4 Å². The Morgan fingerprint density at radius 3 is 3.00 bits per heavy atom. The second-order valence-corrected chi connectivity index (χ2v) is 6.65. The molecule has 2 saturated carbocycles. The third-order valence-corrected chi connectivity index (χ3v) is 4.98. The van der Waals surface area contributed by atoms with Crippen molar-refractivity contribution in [3.63, 3.8) is 0 Å². The lowest BCUT2D eigenvalue weighted by atomic mass is 10.1. The maximum atomic E-state index is 5.89. The molecule has 1 saturated heterocycles. The normalized spacial score (nSPS) is 29.5. The number of pyridine rings is 1. The molecule has 0 spiro atoms. The quantitative estimate of drug-likeness (QED) is 0.900. The fourth-order valence-electron chi connectivity index (χ4n) is 3.66. The summed E-state index contributed by atoms with van der Waals surface area (Å²) in [6, 6.07) is 7.82. The summed E-state index contributed by atoms with van der Waals surface area (Å²) in [6.45, 7) is 3.81. The molecule has 4 rings (SSSR count). The van der Waals surface area contributed by atoms with E-state index in [-0.39, 0.29) is 0 Å². The molecule has 4 heteroatoms. The summed E-state index contributed by atoms with van der Waals surface area (Å²) in [6.07, 6.45) is 6.96. The molecule has 0 amide bonds. The van der Waals surface area contributed by atoms with Crippen LogP contribution in [-0.4, -0.2) is 41.2 Å². The van der Waals surface area contributed by atoms with Gasteiger partial charge >= 0.3 is 0 Å². The van der Waals surface area contributed by atoms with E-state index in [1.807, 2.05) is 0 Å². The van der Waals surface area contributed by atoms with Crippen LogP contribution in [0, 0.1) is 0 Å². The summed E-state index contributed by atoms with van der Waals surface area (Å²) < 4.78 is 5.89. The van der Waals surface area contributed by atoms with E-state index in [9.17, 15) is 0 Å². The van der Waals surface area contributed by atoms with E-state index in [0.29, 0.717) is 12.1 Å². The van der Waals surface area contributed by atoms with Crippen LogP contribution in [0.2, 0.25) is 0 Å². The number of hydrogen-bond donors (Lipinski definition) is 1. The smallest absolute Gasteiger partial charge is 0.0731 e. The zero-order valence-electron chi connectivity index (χ0n) is 12.6. The van der Waals surface area contributed by atoms with Crippen molar-refractivity contribution in [3.05, 3.63) is 29.6 Å². The average Bonchev–Trinajstić information content (AvgIpc) is 3.21. The number of hydrogen-bond acceptors (Lipinski definition) is 4. The van der Waals surface area contributed by atoms with E-state index in [0.717, 1.165) is 32.3 Å². The van der Waals surface area contributed by atoms with Crippen molar-refractivity contribution >= 4 is 0 Å². The zero-order valence-corrected chi connectivity index (χ0v) is 12.6. The third-order valence-electron chi connectivity index (χ3n) is 4.98. The summed E-state index contributed by atoms with van der Waals surface area (Å²) in [5, 5.41) is 3.54. The predicted molar refractivity (Wildman–Crippen MR) is 81.9 cm³/mol. The largest absolute Gasteiger partial charge is 0.375 e. The molecule has 3 aliphatic rings. The lowest BCUT2D eigenvalue weighted by Gasteiger charge is -2.37. The molecule has 2 aliphatic carbocycles. The van der Waals surface area contributed by atoms with Gasteiger partial charge in [-0.3, -0.25) is 9.88 Å². The van der Waals surface area contributed by atoms with Gasteiger partial charge in [0.1, 0.15) is 0 Å². The van der Waals surface area contributed by atoms with E-state index in [1.54, 1.807) is 0 Å². The van der Waals surface area contributed by atoms with Crippen LogP contribution in [0.4, 0.5) is 0 Å². The SMILES string of the molecule is c1cc(CNC2CC2)nc(CN2CCOC3CCCC32)c1. The minimum absolute atomic E-state index is 0.471. The highest BCUT2D eigenvalue weighted by atomic mass is 16.5. The molecule has 2 unspecified atom stereocenters. The van der Waals surface area contributed by atoms with Crippen molar-refractivity contribution in [2.45, 2.75) is 63.4 Å². The van der Waals surface area contributed by atoms with Crippen molar-refractivity contribution < 1.29 is 4.74 Å². The van der Waals surface area contributed by atoms with Gasteiger partial charge in [0.15, 0.2) is 0 Å². The molecule has 0 radical (unpaired) electrons. The molecule has 4 nitrogen and oxygen atoms in total. The Bertz CT molecular complexity index is 489. The minimum Gasteiger partial charge on any atom is -0.375 e. The molecule has 0 bridgehead atoms. The molecule has 2 atom stereocenters. The first kappa shape index (κ1) is 13.7. The number of nitrogens with one attached hydrogen (secondary N) is 1. The van der Waals surface area contributed by atoms with Gasteiger partial charge in [-0.05, 0) is 44.2 Å². The van der Waals surface area contributed by atoms with Gasteiger partial charge in [0.25, 0.3) is 0 Å². The molecule has 3 fully saturated rings. The van der Waals surface area contributed by atoms with Gasteiger partial charge in [-0.2, -0.15) is 0 Å². The zero-order chi connectivity index (χ0) is 14.1. The Morgan fingerprint density at radius 1 is 1.19 bits per heavy atom. The minimum atomic E-state index is 0.471. The van der Waals surface area contributed by atoms with Crippen LogP contribution in [0.15, 0.2) is 18.2 Å². The van der Waals surface area contributed by atoms with E-state index in [4.69, 9.17) is 9.72 Å². The molecule has 1 aromatic rings. The molecule has 21 heavy (non-hydrogen) atoms. The highest BCUT2D eigenvalue weighted by Gasteiger charge is 2.35. The fraction of sp³-hybridized carbons (Fsp3) is 0.706. The Kier molecular flexibility index (Phi) is 3.93. The molecule has 1 aromatic heterocycles. The van der Waals surface area contributed by atoms with Crippen LogP contribution in [0.25, 0.3) is 0 Å². The summed E-state index contributed by atoms with van der Waals surface area (Å²) in [7, 11) is 0. The molecule has 2 heterocycles. The number of ether oxygens (including phenoxy) is 1. The van der Waals surface area contributed by atoms with Crippen LogP contribution in [0.1, 0.15) is 43.5 Å². The predicted octanol–water partition coefficient (Wildman–Crippen LogP) is 2.09. The molecule has 1 aliphatic heterocycles. The maximum Gasteiger partial charge on any atom is 0.0731 e. The summed E-state index contributed by atoms with van der Waals surface area (Å²) in [5.41, 5.74) is 2.38. The molecule has 1 N–H and O–H groups in total. The number of morpholine rings is 1. The fourth-order valence-corrected chi connectivity index (χ4v) is 3.66. The number of aromatic nitrogens is 1. The van der Waals surface area contributed by atoms with Crippen molar-refractivity contribution in [1.82, 2.24) is 15.2 Å². The van der Waals surface area contributed by atoms with Crippen molar-refractivity contribution in [2.75, 3.05) is 13.2 Å². The summed E-state index contributed by atoms with van der Waals surface area (Å²) in [5.74, 6) is 0. The van der Waals surface area contributed by atoms with Gasteiger partial charge in [0.2, 0.25) is 0 Å². The highest BCUT2D eigenvalue weighted by Crippen LogP contribution is 2.30. The Hall–Kier alpha value is -0.970.